The molecule has 0 aliphatic rings. The molecule has 0 atom stereocenters. The van der Waals surface area contributed by atoms with Crippen LogP contribution in [0.5, 0.6) is 0 Å². The van der Waals surface area contributed by atoms with Gasteiger partial charge in [0.05, 0.1) is 0 Å². The molecule has 9 heteroatoms. The fourth-order valence-corrected chi connectivity index (χ4v) is 4.19. The number of rotatable bonds is 4. The second-order valence-corrected chi connectivity index (χ2v) is 7.92. The number of hydrogen-bond donors (Lipinski definition) is 4. The second kappa shape index (κ2) is 9.86. The molecule has 2 aromatic carbocycles. The predicted molar refractivity (Wildman–Crippen MR) is 130 cm³/mol. The molecule has 0 aliphatic carbocycles. The summed E-state index contributed by atoms with van der Waals surface area (Å²) in [7, 11) is 0. The molecule has 146 valence electrons. The number of fused-ring (bicyclic) bond motifs is 3. The molecule has 0 saturated carbocycles. The van der Waals surface area contributed by atoms with Gasteiger partial charge in [-0.05, 0) is 25.0 Å². The molecule has 3 aromatic rings. The molecule has 0 saturated heterocycles. The van der Waals surface area contributed by atoms with E-state index in [0.717, 1.165) is 44.2 Å². The van der Waals surface area contributed by atoms with Crippen molar-refractivity contribution in [3.8, 4) is 0 Å². The maximum absolute atomic E-state index is 7.46. The smallest absolute Gasteiger partial charge is 0.151 e. The maximum atomic E-state index is 7.46. The summed E-state index contributed by atoms with van der Waals surface area (Å²) in [6.07, 6.45) is 0. The average molecular weight is 534 g/mol. The molecular weight excluding hydrogens is 512 g/mol. The highest BCUT2D eigenvalue weighted by Gasteiger charge is 2.17. The van der Waals surface area contributed by atoms with Gasteiger partial charge in [-0.2, -0.15) is 0 Å². The van der Waals surface area contributed by atoms with Crippen LogP contribution in [0.25, 0.3) is 21.9 Å². The lowest BCUT2D eigenvalue weighted by Gasteiger charge is -2.05. The summed E-state index contributed by atoms with van der Waals surface area (Å²) in [6, 6.07) is 8.32. The van der Waals surface area contributed by atoms with Gasteiger partial charge in [0.1, 0.15) is 11.2 Å². The van der Waals surface area contributed by atoms with Crippen molar-refractivity contribution >= 4 is 89.8 Å². The van der Waals surface area contributed by atoms with E-state index in [1.54, 1.807) is 0 Å². The highest BCUT2D eigenvalue weighted by atomic mass is 79.9. The molecule has 5 nitrogen and oxygen atoms in total. The summed E-state index contributed by atoms with van der Waals surface area (Å²) in [6.45, 7) is 4.08. The minimum absolute atomic E-state index is 0. The van der Waals surface area contributed by atoms with Crippen molar-refractivity contribution < 1.29 is 4.42 Å². The number of thioether (sulfide) groups is 2. The van der Waals surface area contributed by atoms with Crippen LogP contribution in [0.3, 0.4) is 0 Å². The number of aryl methyl sites for hydroxylation is 2. The Morgan fingerprint density at radius 3 is 1.52 bits per heavy atom. The van der Waals surface area contributed by atoms with Crippen LogP contribution < -0.4 is 11.5 Å². The largest absolute Gasteiger partial charge is 0.455 e. The van der Waals surface area contributed by atoms with Crippen LogP contribution in [0.15, 0.2) is 28.7 Å². The van der Waals surface area contributed by atoms with Gasteiger partial charge in [0.15, 0.2) is 10.3 Å². The number of amidine groups is 2. The molecule has 0 spiro atoms. The van der Waals surface area contributed by atoms with Crippen molar-refractivity contribution in [1.82, 2.24) is 0 Å². The molecule has 27 heavy (non-hydrogen) atoms. The zero-order chi connectivity index (χ0) is 18.1. The minimum Gasteiger partial charge on any atom is -0.455 e. The number of nitrogens with one attached hydrogen (secondary N) is 2. The number of furan rings is 1. The Balaban J connectivity index is 0.00000182. The number of benzene rings is 2. The standard InChI is InChI=1S/C18H20N4OS2.2BrH/c1-9-3-5-11-12-6-4-10(2)14(8-25-18(21)22)16(12)23-15(11)13(9)7-24-17(19)20;;/h3-6H,7-8H2,1-2H3,(H3,19,20)(H3,21,22);2*1H. The minimum atomic E-state index is 0. The van der Waals surface area contributed by atoms with Gasteiger partial charge in [-0.15, -0.1) is 34.0 Å². The third kappa shape index (κ3) is 5.01. The third-order valence-corrected chi connectivity index (χ3v) is 5.72. The lowest BCUT2D eigenvalue weighted by molar-refractivity contribution is 0.661. The lowest BCUT2D eigenvalue weighted by atomic mass is 10.0. The van der Waals surface area contributed by atoms with E-state index >= 15 is 0 Å². The van der Waals surface area contributed by atoms with E-state index in [1.807, 2.05) is 13.8 Å². The van der Waals surface area contributed by atoms with Crippen LogP contribution in [0, 0.1) is 24.7 Å². The van der Waals surface area contributed by atoms with Gasteiger partial charge >= 0.3 is 0 Å². The SMILES string of the molecule is Br.Br.Cc1ccc2c(oc3c(CSC(=N)N)c(C)ccc32)c1CSC(=N)N. The summed E-state index contributed by atoms with van der Waals surface area (Å²) in [5, 5.41) is 17.2. The van der Waals surface area contributed by atoms with E-state index in [0.29, 0.717) is 11.5 Å². The molecule has 3 rings (SSSR count). The van der Waals surface area contributed by atoms with Gasteiger partial charge in [0.2, 0.25) is 0 Å². The molecular formula is C18H22Br2N4OS2. The Morgan fingerprint density at radius 2 is 1.19 bits per heavy atom. The van der Waals surface area contributed by atoms with Crippen LogP contribution in [-0.2, 0) is 11.5 Å². The van der Waals surface area contributed by atoms with Gasteiger partial charge in [0, 0.05) is 33.4 Å². The first kappa shape index (κ1) is 23.9. The molecule has 0 aliphatic heterocycles. The van der Waals surface area contributed by atoms with Crippen molar-refractivity contribution in [1.29, 1.82) is 10.8 Å². The first-order valence-electron chi connectivity index (χ1n) is 7.75. The van der Waals surface area contributed by atoms with Gasteiger partial charge in [-0.1, -0.05) is 47.8 Å². The Labute approximate surface area is 187 Å². The van der Waals surface area contributed by atoms with Gasteiger partial charge in [-0.25, -0.2) is 0 Å². The molecule has 0 radical (unpaired) electrons. The van der Waals surface area contributed by atoms with Crippen molar-refractivity contribution in [2.75, 3.05) is 0 Å². The fraction of sp³-hybridized carbons (Fsp3) is 0.222. The Kier molecular flexibility index (Phi) is 8.72. The van der Waals surface area contributed by atoms with Crippen molar-refractivity contribution in [3.63, 3.8) is 0 Å². The summed E-state index contributed by atoms with van der Waals surface area (Å²) >= 11 is 2.59. The van der Waals surface area contributed by atoms with Crippen molar-refractivity contribution in [2.24, 2.45) is 11.5 Å². The number of halogens is 2. The van der Waals surface area contributed by atoms with Crippen LogP contribution in [0.1, 0.15) is 22.3 Å². The van der Waals surface area contributed by atoms with E-state index in [4.69, 9.17) is 26.7 Å². The zero-order valence-corrected chi connectivity index (χ0v) is 20.0. The van der Waals surface area contributed by atoms with E-state index < -0.39 is 0 Å². The fourth-order valence-electron chi connectivity index (χ4n) is 2.87. The number of nitrogens with two attached hydrogens (primary N) is 2. The molecule has 1 aromatic heterocycles. The van der Waals surface area contributed by atoms with Crippen molar-refractivity contribution in [2.45, 2.75) is 25.4 Å². The van der Waals surface area contributed by atoms with Gasteiger partial charge < -0.3 is 15.9 Å². The van der Waals surface area contributed by atoms with Crippen LogP contribution in [-0.4, -0.2) is 10.3 Å². The van der Waals surface area contributed by atoms with Gasteiger partial charge in [-0.3, -0.25) is 10.8 Å². The summed E-state index contributed by atoms with van der Waals surface area (Å²) in [5.41, 5.74) is 17.1. The van der Waals surface area contributed by atoms with Crippen molar-refractivity contribution in [3.05, 3.63) is 46.5 Å². The highest BCUT2D eigenvalue weighted by Crippen LogP contribution is 2.37. The van der Waals surface area contributed by atoms with E-state index in [-0.39, 0.29) is 44.3 Å². The Morgan fingerprint density at radius 1 is 0.815 bits per heavy atom. The monoisotopic (exact) mass is 532 g/mol. The average Bonchev–Trinajstić information content (AvgIpc) is 2.91. The molecule has 0 unspecified atom stereocenters. The normalized spacial score (nSPS) is 10.4. The Hall–Kier alpha value is -1.16. The topological polar surface area (TPSA) is 113 Å². The summed E-state index contributed by atoms with van der Waals surface area (Å²) in [5.74, 6) is 1.21. The van der Waals surface area contributed by atoms with E-state index in [9.17, 15) is 0 Å². The Bertz CT molecular complexity index is 926. The van der Waals surface area contributed by atoms with E-state index in [2.05, 4.69) is 24.3 Å². The van der Waals surface area contributed by atoms with E-state index in [1.165, 1.54) is 23.5 Å². The van der Waals surface area contributed by atoms with Crippen LogP contribution >= 0.6 is 57.5 Å². The lowest BCUT2D eigenvalue weighted by Crippen LogP contribution is -2.04. The first-order chi connectivity index (χ1) is 11.9. The predicted octanol–water partition coefficient (Wildman–Crippen LogP) is 5.61. The maximum Gasteiger partial charge on any atom is 0.151 e. The quantitative estimate of drug-likeness (QED) is 0.257. The molecule has 6 N–H and O–H groups in total. The summed E-state index contributed by atoms with van der Waals surface area (Å²) in [4.78, 5) is 0. The highest BCUT2D eigenvalue weighted by molar-refractivity contribution is 8.93. The molecule has 0 amide bonds. The molecule has 0 fully saturated rings. The zero-order valence-electron chi connectivity index (χ0n) is 14.9. The van der Waals surface area contributed by atoms with Crippen LogP contribution in [0.2, 0.25) is 0 Å². The first-order valence-corrected chi connectivity index (χ1v) is 9.72. The van der Waals surface area contributed by atoms with Crippen LogP contribution in [0.4, 0.5) is 0 Å². The summed E-state index contributed by atoms with van der Waals surface area (Å²) < 4.78 is 6.29. The van der Waals surface area contributed by atoms with Gasteiger partial charge in [0.25, 0.3) is 0 Å². The second-order valence-electron chi connectivity index (χ2n) is 5.88. The third-order valence-electron chi connectivity index (χ3n) is 4.23. The molecule has 0 bridgehead atoms. The number of hydrogen-bond acceptors (Lipinski definition) is 5. The molecule has 1 heterocycles.